The van der Waals surface area contributed by atoms with E-state index in [2.05, 4.69) is 228 Å². The summed E-state index contributed by atoms with van der Waals surface area (Å²) in [6.45, 7) is 0. The van der Waals surface area contributed by atoms with Crippen LogP contribution in [0, 0.1) is 11.8 Å². The Morgan fingerprint density at radius 2 is 0.869 bits per heavy atom. The Kier molecular flexibility index (Phi) is 9.11. The van der Waals surface area contributed by atoms with Crippen molar-refractivity contribution in [3.63, 3.8) is 0 Å². The molecule has 3 aliphatic rings. The molecule has 61 heavy (non-hydrogen) atoms. The fourth-order valence-electron chi connectivity index (χ4n) is 8.59. The molecule has 4 heteroatoms. The SMILES string of the molecule is C(#Cc1cc2[nH]c1c(-c1ccccc1)c1nc(c(-c3ccccc3)c3ccc([nH]3)c(-c3ccccc3)c3nc(c2-c2ccccc2)C=C3)C=C1)c1ccc(C2=CC=CC2)cc1. The molecule has 0 radical (unpaired) electrons. The van der Waals surface area contributed by atoms with E-state index in [0.717, 1.165) is 107 Å². The molecule has 2 N–H and O–H groups in total. The van der Waals surface area contributed by atoms with Gasteiger partial charge >= 0.3 is 0 Å². The molecule has 1 aliphatic carbocycles. The lowest BCUT2D eigenvalue weighted by Gasteiger charge is -2.07. The van der Waals surface area contributed by atoms with Crippen LogP contribution < -0.4 is 0 Å². The Labute approximate surface area is 354 Å². The van der Waals surface area contributed by atoms with Crippen molar-refractivity contribution in [1.82, 2.24) is 19.9 Å². The number of allylic oxidation sites excluding steroid dienone is 4. The second-order valence-electron chi connectivity index (χ2n) is 15.3. The third kappa shape index (κ3) is 6.85. The van der Waals surface area contributed by atoms with Crippen LogP contribution in [-0.2, 0) is 0 Å². The molecule has 0 saturated heterocycles. The van der Waals surface area contributed by atoms with Crippen LogP contribution >= 0.6 is 0 Å². The van der Waals surface area contributed by atoms with E-state index in [1.807, 2.05) is 0 Å². The van der Waals surface area contributed by atoms with E-state index in [9.17, 15) is 0 Å². The maximum atomic E-state index is 5.50. The fourth-order valence-corrected chi connectivity index (χ4v) is 8.59. The molecule has 0 atom stereocenters. The third-order valence-corrected chi connectivity index (χ3v) is 11.5. The zero-order valence-electron chi connectivity index (χ0n) is 33.2. The topological polar surface area (TPSA) is 57.4 Å². The first-order valence-electron chi connectivity index (χ1n) is 20.6. The van der Waals surface area contributed by atoms with Gasteiger partial charge in [-0.25, -0.2) is 9.97 Å². The molecular formula is C57H38N4. The highest BCUT2D eigenvalue weighted by molar-refractivity contribution is 6.01. The van der Waals surface area contributed by atoms with Crippen LogP contribution in [0.4, 0.5) is 0 Å². The largest absolute Gasteiger partial charge is 0.354 e. The highest BCUT2D eigenvalue weighted by Gasteiger charge is 2.20. The minimum absolute atomic E-state index is 0.847. The van der Waals surface area contributed by atoms with Gasteiger partial charge in [0.2, 0.25) is 0 Å². The summed E-state index contributed by atoms with van der Waals surface area (Å²) >= 11 is 0. The van der Waals surface area contributed by atoms with E-state index in [0.29, 0.717) is 0 Å². The summed E-state index contributed by atoms with van der Waals surface area (Å²) in [6.07, 6.45) is 16.0. The van der Waals surface area contributed by atoms with Gasteiger partial charge < -0.3 is 9.97 Å². The number of benzene rings is 5. The number of nitrogens with zero attached hydrogens (tertiary/aromatic N) is 2. The molecule has 0 amide bonds. The Hall–Kier alpha value is -8.26. The summed E-state index contributed by atoms with van der Waals surface area (Å²) < 4.78 is 0. The normalized spacial score (nSPS) is 12.6. The average Bonchev–Trinajstić information content (AvgIpc) is 4.19. The molecule has 3 aromatic heterocycles. The second-order valence-corrected chi connectivity index (χ2v) is 15.3. The van der Waals surface area contributed by atoms with Crippen LogP contribution in [0.3, 0.4) is 0 Å². The van der Waals surface area contributed by atoms with E-state index in [4.69, 9.17) is 9.97 Å². The summed E-state index contributed by atoms with van der Waals surface area (Å²) in [6, 6.07) is 57.1. The zero-order chi connectivity index (χ0) is 40.5. The van der Waals surface area contributed by atoms with Crippen LogP contribution in [0.2, 0.25) is 0 Å². The quantitative estimate of drug-likeness (QED) is 0.171. The predicted molar refractivity (Wildman–Crippen MR) is 255 cm³/mol. The van der Waals surface area contributed by atoms with Crippen molar-refractivity contribution in [2.75, 3.05) is 0 Å². The molecule has 8 bridgehead atoms. The smallest absolute Gasteiger partial charge is 0.0737 e. The monoisotopic (exact) mass is 778 g/mol. The van der Waals surface area contributed by atoms with Crippen molar-refractivity contribution in [3.05, 3.63) is 221 Å². The van der Waals surface area contributed by atoms with E-state index < -0.39 is 0 Å². The van der Waals surface area contributed by atoms with Crippen molar-refractivity contribution in [1.29, 1.82) is 0 Å². The van der Waals surface area contributed by atoms with Gasteiger partial charge in [0.25, 0.3) is 0 Å². The first-order valence-corrected chi connectivity index (χ1v) is 20.6. The molecule has 11 rings (SSSR count). The Bertz CT molecular complexity index is 3340. The van der Waals surface area contributed by atoms with E-state index in [-0.39, 0.29) is 0 Å². The molecule has 5 aromatic carbocycles. The molecule has 0 unspecified atom stereocenters. The minimum Gasteiger partial charge on any atom is -0.354 e. The van der Waals surface area contributed by atoms with Gasteiger partial charge in [0.05, 0.1) is 33.9 Å². The number of rotatable bonds is 5. The van der Waals surface area contributed by atoms with Gasteiger partial charge in [-0.15, -0.1) is 0 Å². The van der Waals surface area contributed by atoms with Crippen molar-refractivity contribution >= 4 is 51.9 Å². The van der Waals surface area contributed by atoms with Crippen molar-refractivity contribution < 1.29 is 0 Å². The van der Waals surface area contributed by atoms with Gasteiger partial charge in [-0.2, -0.15) is 0 Å². The summed E-state index contributed by atoms with van der Waals surface area (Å²) in [7, 11) is 0. The van der Waals surface area contributed by atoms with Crippen LogP contribution in [-0.4, -0.2) is 19.9 Å². The van der Waals surface area contributed by atoms with E-state index in [1.54, 1.807) is 0 Å². The van der Waals surface area contributed by atoms with Crippen molar-refractivity contribution in [3.8, 4) is 56.3 Å². The van der Waals surface area contributed by atoms with Gasteiger partial charge in [-0.05, 0) is 94.4 Å². The summed E-state index contributed by atoms with van der Waals surface area (Å²) in [4.78, 5) is 18.7. The number of nitrogens with one attached hydrogen (secondary N) is 2. The molecule has 8 aromatic rings. The molecule has 5 heterocycles. The van der Waals surface area contributed by atoms with Gasteiger partial charge in [-0.3, -0.25) is 0 Å². The van der Waals surface area contributed by atoms with Crippen LogP contribution in [0.1, 0.15) is 45.9 Å². The number of fused-ring (bicyclic) bond motifs is 8. The lowest BCUT2D eigenvalue weighted by Crippen LogP contribution is -1.90. The number of aromatic amines is 2. The first-order chi connectivity index (χ1) is 30.2. The molecule has 286 valence electrons. The number of H-pyrrole nitrogens is 2. The fraction of sp³-hybridized carbons (Fsp3) is 0.0175. The summed E-state index contributed by atoms with van der Waals surface area (Å²) in [5.41, 5.74) is 19.8. The number of hydrogen-bond donors (Lipinski definition) is 2. The Morgan fingerprint density at radius 3 is 1.34 bits per heavy atom. The Morgan fingerprint density at radius 1 is 0.410 bits per heavy atom. The lowest BCUT2D eigenvalue weighted by molar-refractivity contribution is 1.31. The number of aromatic nitrogens is 4. The first kappa shape index (κ1) is 35.9. The molecule has 0 spiro atoms. The maximum Gasteiger partial charge on any atom is 0.0737 e. The van der Waals surface area contributed by atoms with E-state index in [1.165, 1.54) is 11.1 Å². The van der Waals surface area contributed by atoms with Crippen LogP contribution in [0.25, 0.3) is 96.5 Å². The molecule has 0 fully saturated rings. The second kappa shape index (κ2) is 15.5. The van der Waals surface area contributed by atoms with Crippen molar-refractivity contribution in [2.45, 2.75) is 6.42 Å². The van der Waals surface area contributed by atoms with Gasteiger partial charge in [0, 0.05) is 44.4 Å². The van der Waals surface area contributed by atoms with E-state index >= 15 is 0 Å². The molecule has 0 saturated carbocycles. The van der Waals surface area contributed by atoms with Gasteiger partial charge in [0.1, 0.15) is 0 Å². The summed E-state index contributed by atoms with van der Waals surface area (Å²) in [5.74, 6) is 7.17. The number of hydrogen-bond acceptors (Lipinski definition) is 2. The van der Waals surface area contributed by atoms with Gasteiger partial charge in [-0.1, -0.05) is 164 Å². The molecule has 4 nitrogen and oxygen atoms in total. The zero-order valence-corrected chi connectivity index (χ0v) is 33.2. The highest BCUT2D eigenvalue weighted by Crippen LogP contribution is 2.39. The minimum atomic E-state index is 0.847. The molecule has 2 aliphatic heterocycles. The maximum absolute atomic E-state index is 5.50. The highest BCUT2D eigenvalue weighted by atomic mass is 14.8. The average molecular weight is 779 g/mol. The Balaban J connectivity index is 1.28. The third-order valence-electron chi connectivity index (χ3n) is 11.5. The molecular weight excluding hydrogens is 741 g/mol. The summed E-state index contributed by atoms with van der Waals surface area (Å²) in [5, 5.41) is 0. The predicted octanol–water partition coefficient (Wildman–Crippen LogP) is 14.1. The van der Waals surface area contributed by atoms with Crippen molar-refractivity contribution in [2.24, 2.45) is 0 Å². The standard InChI is InChI=1S/C57H38N4/c1-5-17-41(18-6-1)53-46-31-32-47(58-46)54(42-19-7-2-8-20-42)49-35-36-51(60-49)56(44-23-11-4-12-24-44)57-45(30-27-38-25-28-40(29-26-38)39-15-13-14-16-39)37-52(61-57)55(43-21-9-3-10-22-43)50-34-33-48(53)59-50/h1-15,17-26,28-29,31-37,58,61H,16H2. The lowest BCUT2D eigenvalue weighted by atomic mass is 10.0. The van der Waals surface area contributed by atoms with Crippen LogP contribution in [0.5, 0.6) is 0 Å². The van der Waals surface area contributed by atoms with Gasteiger partial charge in [0.15, 0.2) is 0 Å². The van der Waals surface area contributed by atoms with Crippen LogP contribution in [0.15, 0.2) is 182 Å².